The van der Waals surface area contributed by atoms with Crippen molar-refractivity contribution in [3.05, 3.63) is 31.7 Å². The van der Waals surface area contributed by atoms with Crippen LogP contribution >= 0.6 is 31.9 Å². The molecule has 0 saturated carbocycles. The third kappa shape index (κ3) is 4.67. The average molecular weight is 501 g/mol. The molecule has 2 heterocycles. The fourth-order valence-electron chi connectivity index (χ4n) is 2.40. The molecule has 6 nitrogen and oxygen atoms in total. The molecule has 0 fully saturated rings. The molecule has 0 aliphatic rings. The molecule has 1 N–H and O–H groups in total. The maximum absolute atomic E-state index is 12.8. The second-order valence-electron chi connectivity index (χ2n) is 5.81. The lowest BCUT2D eigenvalue weighted by atomic mass is 10.3. The maximum atomic E-state index is 12.8. The first-order valence-corrected chi connectivity index (χ1v) is 9.37. The summed E-state index contributed by atoms with van der Waals surface area (Å²) in [6.45, 7) is 6.06. The highest BCUT2D eigenvalue weighted by Gasteiger charge is 2.38. The average Bonchev–Trinajstić information content (AvgIpc) is 2.96. The lowest BCUT2D eigenvalue weighted by Gasteiger charge is -2.08. The number of aryl methyl sites for hydroxylation is 2. The number of carbonyl (C=O) groups excluding carboxylic acids is 1. The molecule has 0 atom stereocenters. The molecular weight excluding hydrogens is 483 g/mol. The van der Waals surface area contributed by atoms with Crippen molar-refractivity contribution in [2.24, 2.45) is 0 Å². The highest BCUT2D eigenvalue weighted by atomic mass is 79.9. The van der Waals surface area contributed by atoms with Gasteiger partial charge in [0.2, 0.25) is 5.91 Å². The number of halogens is 5. The molecular formula is C15H18Br2F3N5O. The molecule has 1 amide bonds. The van der Waals surface area contributed by atoms with E-state index in [2.05, 4.69) is 47.4 Å². The Balaban J connectivity index is 1.87. The number of carbonyl (C=O) groups is 1. The summed E-state index contributed by atoms with van der Waals surface area (Å²) in [5.74, 6) is -0.397. The number of rotatable bonds is 6. The van der Waals surface area contributed by atoms with Crippen LogP contribution in [0.25, 0.3) is 0 Å². The van der Waals surface area contributed by atoms with Crippen LogP contribution in [0.2, 0.25) is 0 Å². The zero-order chi connectivity index (χ0) is 19.6. The van der Waals surface area contributed by atoms with Gasteiger partial charge in [0.15, 0.2) is 5.69 Å². The summed E-state index contributed by atoms with van der Waals surface area (Å²) in [6, 6.07) is 0. The van der Waals surface area contributed by atoms with Crippen molar-refractivity contribution >= 4 is 37.8 Å². The molecule has 2 aromatic heterocycles. The van der Waals surface area contributed by atoms with E-state index in [-0.39, 0.29) is 16.7 Å². The number of nitrogens with zero attached hydrogens (tertiary/aromatic N) is 4. The van der Waals surface area contributed by atoms with Gasteiger partial charge in [-0.3, -0.25) is 14.2 Å². The number of amides is 1. The number of aromatic nitrogens is 4. The van der Waals surface area contributed by atoms with Crippen LogP contribution in [0.3, 0.4) is 0 Å². The molecule has 0 spiro atoms. The maximum Gasteiger partial charge on any atom is 0.436 e. The zero-order valence-electron chi connectivity index (χ0n) is 14.4. The third-order valence-electron chi connectivity index (χ3n) is 3.86. The van der Waals surface area contributed by atoms with E-state index in [4.69, 9.17) is 0 Å². The minimum atomic E-state index is -4.57. The zero-order valence-corrected chi connectivity index (χ0v) is 17.6. The van der Waals surface area contributed by atoms with Gasteiger partial charge >= 0.3 is 6.18 Å². The van der Waals surface area contributed by atoms with Crippen LogP contribution < -0.4 is 5.32 Å². The van der Waals surface area contributed by atoms with Crippen LogP contribution in [-0.4, -0.2) is 32.0 Å². The third-order valence-corrected chi connectivity index (χ3v) is 5.95. The van der Waals surface area contributed by atoms with E-state index in [9.17, 15) is 18.0 Å². The second kappa shape index (κ2) is 8.12. The van der Waals surface area contributed by atoms with Crippen LogP contribution in [-0.2, 0) is 24.1 Å². The minimum absolute atomic E-state index is 0.145. The van der Waals surface area contributed by atoms with Crippen molar-refractivity contribution < 1.29 is 18.0 Å². The molecule has 0 bridgehead atoms. The van der Waals surface area contributed by atoms with Gasteiger partial charge in [-0.1, -0.05) is 0 Å². The first-order chi connectivity index (χ1) is 12.0. The van der Waals surface area contributed by atoms with Crippen LogP contribution in [0, 0.1) is 20.8 Å². The number of nitrogens with one attached hydrogen (secondary N) is 1. The van der Waals surface area contributed by atoms with Gasteiger partial charge in [0.1, 0.15) is 6.54 Å². The van der Waals surface area contributed by atoms with Crippen LogP contribution in [0.4, 0.5) is 13.2 Å². The van der Waals surface area contributed by atoms with Crippen LogP contribution in [0.5, 0.6) is 0 Å². The number of hydrogen-bond acceptors (Lipinski definition) is 3. The van der Waals surface area contributed by atoms with E-state index in [1.54, 1.807) is 0 Å². The molecule has 144 valence electrons. The Kier molecular flexibility index (Phi) is 6.54. The van der Waals surface area contributed by atoms with Crippen molar-refractivity contribution in [2.45, 2.75) is 46.5 Å². The van der Waals surface area contributed by atoms with E-state index in [1.807, 2.05) is 18.5 Å². The molecule has 11 heteroatoms. The van der Waals surface area contributed by atoms with E-state index < -0.39 is 17.8 Å². The smallest absolute Gasteiger partial charge is 0.354 e. The van der Waals surface area contributed by atoms with Gasteiger partial charge < -0.3 is 5.32 Å². The summed E-state index contributed by atoms with van der Waals surface area (Å²) < 4.78 is 42.2. The Hall–Kier alpha value is -1.36. The van der Waals surface area contributed by atoms with Crippen LogP contribution in [0.15, 0.2) is 8.95 Å². The summed E-state index contributed by atoms with van der Waals surface area (Å²) in [5, 5.41) is 10.5. The van der Waals surface area contributed by atoms with Gasteiger partial charge in [-0.15, -0.1) is 0 Å². The molecule has 0 aliphatic heterocycles. The lowest BCUT2D eigenvalue weighted by Crippen LogP contribution is -2.30. The quantitative estimate of drug-likeness (QED) is 0.614. The molecule has 2 rings (SSSR count). The standard InChI is InChI=1S/C15H18Br2F3N5O/c1-8-12(16)9(2)24(22-8)6-4-5-21-11(26)7-25-10(3)13(17)14(23-25)15(18,19)20/h4-7H2,1-3H3,(H,21,26). The fraction of sp³-hybridized carbons (Fsp3) is 0.533. The second-order valence-corrected chi connectivity index (χ2v) is 7.40. The van der Waals surface area contributed by atoms with Crippen LogP contribution in [0.1, 0.15) is 29.2 Å². The fourth-order valence-corrected chi connectivity index (χ4v) is 3.19. The van der Waals surface area contributed by atoms with Gasteiger partial charge in [-0.05, 0) is 59.1 Å². The van der Waals surface area contributed by atoms with Crippen molar-refractivity contribution in [1.82, 2.24) is 24.9 Å². The van der Waals surface area contributed by atoms with E-state index in [0.29, 0.717) is 19.5 Å². The first-order valence-electron chi connectivity index (χ1n) is 7.78. The lowest BCUT2D eigenvalue weighted by molar-refractivity contribution is -0.142. The topological polar surface area (TPSA) is 64.7 Å². The molecule has 2 aromatic rings. The summed E-state index contributed by atoms with van der Waals surface area (Å²) in [7, 11) is 0. The highest BCUT2D eigenvalue weighted by Crippen LogP contribution is 2.35. The predicted octanol–water partition coefficient (Wildman–Crippen LogP) is 3.76. The van der Waals surface area contributed by atoms with Gasteiger partial charge in [0, 0.05) is 18.8 Å². The summed E-state index contributed by atoms with van der Waals surface area (Å²) in [4.78, 5) is 12.0. The molecule has 0 aliphatic carbocycles. The van der Waals surface area contributed by atoms with E-state index in [1.165, 1.54) is 6.92 Å². The molecule has 0 unspecified atom stereocenters. The summed E-state index contributed by atoms with van der Waals surface area (Å²) >= 11 is 6.33. The number of alkyl halides is 3. The van der Waals surface area contributed by atoms with Crippen molar-refractivity contribution in [2.75, 3.05) is 6.54 Å². The predicted molar refractivity (Wildman–Crippen MR) is 96.7 cm³/mol. The highest BCUT2D eigenvalue weighted by molar-refractivity contribution is 9.10. The van der Waals surface area contributed by atoms with Gasteiger partial charge in [-0.2, -0.15) is 23.4 Å². The Bertz CT molecular complexity index is 813. The van der Waals surface area contributed by atoms with Crippen molar-refractivity contribution in [3.63, 3.8) is 0 Å². The van der Waals surface area contributed by atoms with Gasteiger partial charge in [0.05, 0.1) is 20.3 Å². The monoisotopic (exact) mass is 499 g/mol. The van der Waals surface area contributed by atoms with Gasteiger partial charge in [0.25, 0.3) is 0 Å². The Morgan fingerprint density at radius 3 is 2.19 bits per heavy atom. The Morgan fingerprint density at radius 1 is 1.08 bits per heavy atom. The van der Waals surface area contributed by atoms with Gasteiger partial charge in [-0.25, -0.2) is 0 Å². The molecule has 26 heavy (non-hydrogen) atoms. The van der Waals surface area contributed by atoms with Crippen molar-refractivity contribution in [3.8, 4) is 0 Å². The summed E-state index contributed by atoms with van der Waals surface area (Å²) in [5.41, 5.74) is 1.12. The van der Waals surface area contributed by atoms with E-state index >= 15 is 0 Å². The molecule has 0 radical (unpaired) electrons. The van der Waals surface area contributed by atoms with E-state index in [0.717, 1.165) is 20.5 Å². The largest absolute Gasteiger partial charge is 0.436 e. The number of hydrogen-bond donors (Lipinski definition) is 1. The molecule has 0 saturated heterocycles. The Labute approximate surface area is 165 Å². The minimum Gasteiger partial charge on any atom is -0.354 e. The Morgan fingerprint density at radius 2 is 1.69 bits per heavy atom. The molecule has 0 aromatic carbocycles. The normalized spacial score (nSPS) is 11.8. The first kappa shape index (κ1) is 20.9. The van der Waals surface area contributed by atoms with Crippen molar-refractivity contribution in [1.29, 1.82) is 0 Å². The SMILES string of the molecule is Cc1nn(CCCNC(=O)Cn2nc(C(F)(F)F)c(Br)c2C)c(C)c1Br. The summed E-state index contributed by atoms with van der Waals surface area (Å²) in [6.07, 6.45) is -3.92.